The van der Waals surface area contributed by atoms with Gasteiger partial charge in [-0.3, -0.25) is 14.4 Å². The number of carbonyl (C=O) groups is 3. The molecule has 0 rings (SSSR count). The highest BCUT2D eigenvalue weighted by atomic mass is 16.6. The molecule has 6 nitrogen and oxygen atoms in total. The van der Waals surface area contributed by atoms with E-state index < -0.39 is 6.10 Å². The number of rotatable bonds is 52. The summed E-state index contributed by atoms with van der Waals surface area (Å²) in [5.74, 6) is -0.875. The highest BCUT2D eigenvalue weighted by Crippen LogP contribution is 2.16. The second kappa shape index (κ2) is 55.0. The molecule has 0 aliphatic rings. The second-order valence-corrected chi connectivity index (χ2v) is 19.2. The van der Waals surface area contributed by atoms with Gasteiger partial charge in [0.2, 0.25) is 0 Å². The highest BCUT2D eigenvalue weighted by Gasteiger charge is 2.19. The van der Waals surface area contributed by atoms with E-state index in [2.05, 4.69) is 69.4 Å². The zero-order valence-electron chi connectivity index (χ0n) is 44.0. The summed E-state index contributed by atoms with van der Waals surface area (Å²) in [4.78, 5) is 38.1. The molecule has 0 bridgehead atoms. The number of hydrogen-bond acceptors (Lipinski definition) is 6. The lowest BCUT2D eigenvalue weighted by Gasteiger charge is -2.18. The summed E-state index contributed by atoms with van der Waals surface area (Å²) in [6.45, 7) is 6.55. The Morgan fingerprint density at radius 1 is 0.318 bits per heavy atom. The topological polar surface area (TPSA) is 78.9 Å². The van der Waals surface area contributed by atoms with Crippen LogP contribution in [0.15, 0.2) is 48.6 Å². The van der Waals surface area contributed by atoms with Gasteiger partial charge in [0.05, 0.1) is 0 Å². The van der Waals surface area contributed by atoms with E-state index in [4.69, 9.17) is 14.2 Å². The Kier molecular flexibility index (Phi) is 52.8. The van der Waals surface area contributed by atoms with Gasteiger partial charge in [0.25, 0.3) is 0 Å². The molecule has 0 aromatic carbocycles. The molecule has 6 heteroatoms. The first-order chi connectivity index (χ1) is 32.5. The van der Waals surface area contributed by atoms with Crippen molar-refractivity contribution in [1.29, 1.82) is 0 Å². The van der Waals surface area contributed by atoms with Crippen LogP contribution < -0.4 is 0 Å². The molecule has 0 amide bonds. The average Bonchev–Trinajstić information content (AvgIpc) is 3.31. The van der Waals surface area contributed by atoms with Crippen molar-refractivity contribution >= 4 is 17.9 Å². The van der Waals surface area contributed by atoms with Crippen molar-refractivity contribution in [2.24, 2.45) is 0 Å². The van der Waals surface area contributed by atoms with Crippen LogP contribution in [0.1, 0.15) is 297 Å². The van der Waals surface area contributed by atoms with E-state index in [1.807, 2.05) is 0 Å². The van der Waals surface area contributed by atoms with Crippen LogP contribution in [0, 0.1) is 0 Å². The summed E-state index contributed by atoms with van der Waals surface area (Å²) in [5, 5.41) is 0. The molecule has 0 fully saturated rings. The lowest BCUT2D eigenvalue weighted by atomic mass is 10.0. The fraction of sp³-hybridized carbons (Fsp3) is 0.817. The minimum Gasteiger partial charge on any atom is -0.462 e. The number of ether oxygens (including phenoxy) is 3. The number of unbranched alkanes of at least 4 members (excludes halogenated alkanes) is 33. The molecule has 0 aliphatic carbocycles. The number of carbonyl (C=O) groups excluding carboxylic acids is 3. The molecule has 0 aliphatic heterocycles. The smallest absolute Gasteiger partial charge is 0.306 e. The van der Waals surface area contributed by atoms with Crippen LogP contribution >= 0.6 is 0 Å². The number of hydrogen-bond donors (Lipinski definition) is 0. The number of allylic oxidation sites excluding steroid dienone is 8. The fourth-order valence-corrected chi connectivity index (χ4v) is 8.28. The third-order valence-electron chi connectivity index (χ3n) is 12.6. The Bertz CT molecular complexity index is 1150. The molecule has 0 aromatic rings. The van der Waals surface area contributed by atoms with Crippen molar-refractivity contribution in [3.8, 4) is 0 Å². The van der Waals surface area contributed by atoms with E-state index >= 15 is 0 Å². The molecule has 1 unspecified atom stereocenters. The minimum absolute atomic E-state index is 0.0749. The summed E-state index contributed by atoms with van der Waals surface area (Å²) in [6.07, 6.45) is 66.7. The molecule has 0 saturated carbocycles. The van der Waals surface area contributed by atoms with Gasteiger partial charge in [-0.1, -0.05) is 249 Å². The zero-order chi connectivity index (χ0) is 47.9. The van der Waals surface area contributed by atoms with E-state index in [-0.39, 0.29) is 31.1 Å². The van der Waals surface area contributed by atoms with Gasteiger partial charge in [0, 0.05) is 19.3 Å². The predicted molar refractivity (Wildman–Crippen MR) is 284 cm³/mol. The van der Waals surface area contributed by atoms with E-state index in [1.54, 1.807) is 0 Å². The van der Waals surface area contributed by atoms with Gasteiger partial charge < -0.3 is 14.2 Å². The Labute approximate surface area is 409 Å². The molecule has 0 N–H and O–H groups in total. The predicted octanol–water partition coefficient (Wildman–Crippen LogP) is 19.0. The van der Waals surface area contributed by atoms with Crippen molar-refractivity contribution < 1.29 is 28.6 Å². The van der Waals surface area contributed by atoms with E-state index in [0.717, 1.165) is 83.5 Å². The van der Waals surface area contributed by atoms with Crippen LogP contribution in [-0.2, 0) is 28.6 Å². The summed E-state index contributed by atoms with van der Waals surface area (Å²) < 4.78 is 16.9. The van der Waals surface area contributed by atoms with E-state index in [9.17, 15) is 14.4 Å². The highest BCUT2D eigenvalue weighted by molar-refractivity contribution is 5.71. The largest absolute Gasteiger partial charge is 0.462 e. The SMILES string of the molecule is CC/C=C\C/C=C\C/C=C\CCCCCCCCCC(=O)OCC(COC(=O)CCCCCCCCCCCCCCCC)OC(=O)CCCCCCCCC/C=C\CCCCCCCC. The third-order valence-corrected chi connectivity index (χ3v) is 12.6. The summed E-state index contributed by atoms with van der Waals surface area (Å²) in [7, 11) is 0. The first-order valence-corrected chi connectivity index (χ1v) is 28.6. The normalized spacial score (nSPS) is 12.3. The van der Waals surface area contributed by atoms with Crippen LogP contribution in [0.5, 0.6) is 0 Å². The molecule has 0 heterocycles. The fourth-order valence-electron chi connectivity index (χ4n) is 8.28. The van der Waals surface area contributed by atoms with Crippen LogP contribution in [0.25, 0.3) is 0 Å². The van der Waals surface area contributed by atoms with Crippen molar-refractivity contribution in [3.63, 3.8) is 0 Å². The summed E-state index contributed by atoms with van der Waals surface area (Å²) >= 11 is 0. The van der Waals surface area contributed by atoms with E-state index in [0.29, 0.717) is 19.3 Å². The van der Waals surface area contributed by atoms with Gasteiger partial charge in [-0.05, 0) is 77.0 Å². The van der Waals surface area contributed by atoms with Gasteiger partial charge in [-0.15, -0.1) is 0 Å². The number of esters is 3. The van der Waals surface area contributed by atoms with E-state index in [1.165, 1.54) is 173 Å². The zero-order valence-corrected chi connectivity index (χ0v) is 44.0. The second-order valence-electron chi connectivity index (χ2n) is 19.2. The molecule has 384 valence electrons. The van der Waals surface area contributed by atoms with Gasteiger partial charge in [0.1, 0.15) is 13.2 Å². The van der Waals surface area contributed by atoms with Crippen molar-refractivity contribution in [3.05, 3.63) is 48.6 Å². The summed E-state index contributed by atoms with van der Waals surface area (Å²) in [6, 6.07) is 0. The minimum atomic E-state index is -0.777. The van der Waals surface area contributed by atoms with Gasteiger partial charge >= 0.3 is 17.9 Å². The van der Waals surface area contributed by atoms with Gasteiger partial charge in [-0.25, -0.2) is 0 Å². The van der Waals surface area contributed by atoms with Crippen molar-refractivity contribution in [2.75, 3.05) is 13.2 Å². The Balaban J connectivity index is 4.37. The molecule has 1 atom stereocenters. The molecule has 66 heavy (non-hydrogen) atoms. The maximum atomic E-state index is 12.9. The standard InChI is InChI=1S/C60H108O6/c1-4-7-10-13-16-19-22-25-28-30-32-35-38-41-44-47-50-53-59(62)65-56-57(55-64-58(61)52-49-46-43-40-37-34-27-24-21-18-15-12-9-6-3)66-60(63)54-51-48-45-42-39-36-33-31-29-26-23-20-17-14-11-8-5-2/h7,10,16,19,25-26,28-29,57H,4-6,8-9,11-15,17-18,20-24,27,30-56H2,1-3H3/b10-7-,19-16-,28-25-,29-26-. The van der Waals surface area contributed by atoms with Crippen LogP contribution in [0.3, 0.4) is 0 Å². The summed E-state index contributed by atoms with van der Waals surface area (Å²) in [5.41, 5.74) is 0. The van der Waals surface area contributed by atoms with Gasteiger partial charge in [-0.2, -0.15) is 0 Å². The third kappa shape index (κ3) is 52.3. The van der Waals surface area contributed by atoms with Crippen molar-refractivity contribution in [2.45, 2.75) is 303 Å². The maximum absolute atomic E-state index is 12.9. The van der Waals surface area contributed by atoms with Crippen LogP contribution in [0.4, 0.5) is 0 Å². The lowest BCUT2D eigenvalue weighted by Crippen LogP contribution is -2.30. The molecule has 0 aromatic heterocycles. The Morgan fingerprint density at radius 2 is 0.591 bits per heavy atom. The first kappa shape index (κ1) is 63.4. The van der Waals surface area contributed by atoms with Crippen molar-refractivity contribution in [1.82, 2.24) is 0 Å². The average molecular weight is 926 g/mol. The molecular weight excluding hydrogens is 817 g/mol. The molecule has 0 spiro atoms. The van der Waals surface area contributed by atoms with Crippen LogP contribution in [0.2, 0.25) is 0 Å². The molecule has 0 saturated heterocycles. The maximum Gasteiger partial charge on any atom is 0.306 e. The van der Waals surface area contributed by atoms with Gasteiger partial charge in [0.15, 0.2) is 6.10 Å². The molecular formula is C60H108O6. The Hall–Kier alpha value is -2.63. The first-order valence-electron chi connectivity index (χ1n) is 28.6. The quantitative estimate of drug-likeness (QED) is 0.0262. The van der Waals surface area contributed by atoms with Crippen LogP contribution in [-0.4, -0.2) is 37.2 Å². The molecule has 0 radical (unpaired) electrons. The monoisotopic (exact) mass is 925 g/mol. The lowest BCUT2D eigenvalue weighted by molar-refractivity contribution is -0.167. The Morgan fingerprint density at radius 3 is 0.939 bits per heavy atom.